The van der Waals surface area contributed by atoms with Crippen LogP contribution in [0.4, 0.5) is 0 Å². The molecular weight excluding hydrogens is 260 g/mol. The van der Waals surface area contributed by atoms with Gasteiger partial charge in [-0.2, -0.15) is 0 Å². The molecule has 108 valence electrons. The molecule has 4 heteroatoms. The van der Waals surface area contributed by atoms with Gasteiger partial charge in [0, 0.05) is 30.9 Å². The number of likely N-dealkylation sites (tertiary alicyclic amines) is 1. The summed E-state index contributed by atoms with van der Waals surface area (Å²) < 4.78 is 0. The number of aromatic nitrogens is 1. The molecule has 0 radical (unpaired) electrons. The number of aliphatic hydroxyl groups is 1. The van der Waals surface area contributed by atoms with Gasteiger partial charge in [0.1, 0.15) is 0 Å². The van der Waals surface area contributed by atoms with Crippen molar-refractivity contribution in [2.75, 3.05) is 20.1 Å². The maximum Gasteiger partial charge on any atom is 0.0752 e. The van der Waals surface area contributed by atoms with Gasteiger partial charge in [0.05, 0.1) is 10.6 Å². The fraction of sp³-hybridized carbons (Fsp3) is 0.667. The van der Waals surface area contributed by atoms with E-state index in [9.17, 15) is 5.11 Å². The minimum atomic E-state index is -0.632. The highest BCUT2D eigenvalue weighted by atomic mass is 35.5. The third-order valence-corrected chi connectivity index (χ3v) is 4.08. The average molecular weight is 285 g/mol. The Labute approximate surface area is 121 Å². The van der Waals surface area contributed by atoms with E-state index in [4.69, 9.17) is 11.6 Å². The smallest absolute Gasteiger partial charge is 0.0752 e. The predicted octanol–water partition coefficient (Wildman–Crippen LogP) is 3.32. The molecule has 1 N–H and O–H groups in total. The van der Waals surface area contributed by atoms with Gasteiger partial charge >= 0.3 is 0 Å². The Morgan fingerprint density at radius 3 is 2.37 bits per heavy atom. The van der Waals surface area contributed by atoms with Crippen molar-refractivity contribution >= 4 is 11.6 Å². The highest BCUT2D eigenvalue weighted by molar-refractivity contribution is 6.30. The summed E-state index contributed by atoms with van der Waals surface area (Å²) in [5, 5.41) is 11.3. The Morgan fingerprint density at radius 1 is 1.32 bits per heavy atom. The molecule has 0 saturated carbocycles. The lowest BCUT2D eigenvalue weighted by atomic mass is 9.79. The van der Waals surface area contributed by atoms with Gasteiger partial charge in [-0.3, -0.25) is 4.98 Å². The lowest BCUT2D eigenvalue weighted by molar-refractivity contribution is -0.0349. The molecule has 2 heterocycles. The monoisotopic (exact) mass is 284 g/mol. The average Bonchev–Trinajstić information content (AvgIpc) is 2.45. The summed E-state index contributed by atoms with van der Waals surface area (Å²) >= 11 is 5.82. The highest BCUT2D eigenvalue weighted by Crippen LogP contribution is 2.35. The maximum absolute atomic E-state index is 10.7. The van der Waals surface area contributed by atoms with E-state index in [1.54, 1.807) is 6.20 Å². The third kappa shape index (κ3) is 4.16. The normalized spacial score (nSPS) is 20.3. The lowest BCUT2D eigenvalue weighted by Gasteiger charge is -2.40. The molecular formula is C15H25ClN2O. The fourth-order valence-electron chi connectivity index (χ4n) is 2.36. The molecule has 1 unspecified atom stereocenters. The van der Waals surface area contributed by atoms with Crippen LogP contribution in [-0.4, -0.2) is 40.7 Å². The molecule has 19 heavy (non-hydrogen) atoms. The van der Waals surface area contributed by atoms with Gasteiger partial charge in [0.15, 0.2) is 0 Å². The quantitative estimate of drug-likeness (QED) is 0.905. The van der Waals surface area contributed by atoms with E-state index in [2.05, 4.69) is 16.9 Å². The molecule has 0 amide bonds. The van der Waals surface area contributed by atoms with E-state index in [-0.39, 0.29) is 5.92 Å². The van der Waals surface area contributed by atoms with Crippen molar-refractivity contribution in [1.82, 2.24) is 9.88 Å². The van der Waals surface area contributed by atoms with Crippen LogP contribution >= 0.6 is 11.6 Å². The summed E-state index contributed by atoms with van der Waals surface area (Å²) in [4.78, 5) is 6.56. The number of hydrogen-bond acceptors (Lipinski definition) is 3. The molecule has 0 spiro atoms. The first-order chi connectivity index (χ1) is 9.01. The van der Waals surface area contributed by atoms with Crippen molar-refractivity contribution in [3.63, 3.8) is 0 Å². The number of rotatable bonds is 2. The van der Waals surface area contributed by atoms with Crippen LogP contribution in [0, 0.1) is 0 Å². The van der Waals surface area contributed by atoms with E-state index in [1.165, 1.54) is 0 Å². The van der Waals surface area contributed by atoms with Crippen molar-refractivity contribution in [2.24, 2.45) is 0 Å². The van der Waals surface area contributed by atoms with Crippen LogP contribution < -0.4 is 0 Å². The Hall–Kier alpha value is -0.640. The van der Waals surface area contributed by atoms with Gasteiger partial charge in [0.25, 0.3) is 0 Å². The minimum absolute atomic E-state index is 0.0495. The topological polar surface area (TPSA) is 36.4 Å². The molecule has 2 rings (SSSR count). The Morgan fingerprint density at radius 2 is 1.89 bits per heavy atom. The molecule has 1 aliphatic rings. The predicted molar refractivity (Wildman–Crippen MR) is 80.7 cm³/mol. The zero-order chi connectivity index (χ0) is 14.5. The van der Waals surface area contributed by atoms with Crippen molar-refractivity contribution in [3.8, 4) is 0 Å². The van der Waals surface area contributed by atoms with Gasteiger partial charge in [-0.1, -0.05) is 32.4 Å². The van der Waals surface area contributed by atoms with E-state index in [0.29, 0.717) is 5.02 Å². The number of piperidine rings is 1. The largest absolute Gasteiger partial charge is 0.389 e. The number of hydrogen-bond donors (Lipinski definition) is 1. The van der Waals surface area contributed by atoms with Crippen LogP contribution in [-0.2, 0) is 0 Å². The second-order valence-corrected chi connectivity index (χ2v) is 5.47. The van der Waals surface area contributed by atoms with Crippen molar-refractivity contribution in [1.29, 1.82) is 0 Å². The molecule has 3 nitrogen and oxygen atoms in total. The second kappa shape index (κ2) is 7.22. The van der Waals surface area contributed by atoms with E-state index in [1.807, 2.05) is 32.9 Å². The molecule has 1 atom stereocenters. The maximum atomic E-state index is 10.7. The molecule has 1 fully saturated rings. The number of halogens is 1. The lowest BCUT2D eigenvalue weighted by Crippen LogP contribution is -2.46. The van der Waals surface area contributed by atoms with Crippen LogP contribution in [0.2, 0.25) is 5.02 Å². The minimum Gasteiger partial charge on any atom is -0.389 e. The molecule has 0 bridgehead atoms. The van der Waals surface area contributed by atoms with Crippen molar-refractivity contribution in [3.05, 3.63) is 29.0 Å². The molecule has 1 aliphatic heterocycles. The van der Waals surface area contributed by atoms with Crippen LogP contribution in [0.25, 0.3) is 0 Å². The summed E-state index contributed by atoms with van der Waals surface area (Å²) in [6.07, 6.45) is 3.25. The van der Waals surface area contributed by atoms with Crippen LogP contribution in [0.1, 0.15) is 45.2 Å². The van der Waals surface area contributed by atoms with Crippen molar-refractivity contribution < 1.29 is 5.11 Å². The number of nitrogens with zero attached hydrogens (tertiary/aromatic N) is 2. The van der Waals surface area contributed by atoms with Crippen LogP contribution in [0.5, 0.6) is 0 Å². The SMILES string of the molecule is CC.CC(c1ccc(Cl)cn1)C1(O)CCN(C)CC1. The molecule has 1 aromatic rings. The van der Waals surface area contributed by atoms with Gasteiger partial charge in [-0.25, -0.2) is 0 Å². The van der Waals surface area contributed by atoms with Crippen molar-refractivity contribution in [2.45, 2.75) is 45.1 Å². The molecule has 1 saturated heterocycles. The zero-order valence-electron chi connectivity index (χ0n) is 12.4. The van der Waals surface area contributed by atoms with Gasteiger partial charge < -0.3 is 10.0 Å². The summed E-state index contributed by atoms with van der Waals surface area (Å²) in [7, 11) is 2.09. The Bertz CT molecular complexity index is 372. The Kier molecular flexibility index (Phi) is 6.24. The second-order valence-electron chi connectivity index (χ2n) is 5.03. The zero-order valence-corrected chi connectivity index (χ0v) is 13.1. The fourth-order valence-corrected chi connectivity index (χ4v) is 2.47. The van der Waals surface area contributed by atoms with E-state index in [0.717, 1.165) is 31.6 Å². The summed E-state index contributed by atoms with van der Waals surface area (Å²) in [5.74, 6) is 0.0495. The molecule has 0 aromatic carbocycles. The first-order valence-corrected chi connectivity index (χ1v) is 7.41. The van der Waals surface area contributed by atoms with E-state index < -0.39 is 5.60 Å². The van der Waals surface area contributed by atoms with Gasteiger partial charge in [-0.05, 0) is 32.0 Å². The highest BCUT2D eigenvalue weighted by Gasteiger charge is 2.37. The summed E-state index contributed by atoms with van der Waals surface area (Å²) in [6, 6.07) is 3.74. The third-order valence-electron chi connectivity index (χ3n) is 3.85. The standard InChI is InChI=1S/C13H19ClN2O.C2H6/c1-10(12-4-3-11(14)9-15-12)13(17)5-7-16(2)8-6-13;1-2/h3-4,9-10,17H,5-8H2,1-2H3;1-2H3. The van der Waals surface area contributed by atoms with Crippen LogP contribution in [0.15, 0.2) is 18.3 Å². The van der Waals surface area contributed by atoms with Gasteiger partial charge in [0.2, 0.25) is 0 Å². The first-order valence-electron chi connectivity index (χ1n) is 7.04. The summed E-state index contributed by atoms with van der Waals surface area (Å²) in [6.45, 7) is 7.92. The van der Waals surface area contributed by atoms with Gasteiger partial charge in [-0.15, -0.1) is 0 Å². The molecule has 1 aromatic heterocycles. The molecule has 0 aliphatic carbocycles. The number of pyridine rings is 1. The summed E-state index contributed by atoms with van der Waals surface area (Å²) in [5.41, 5.74) is 0.286. The van der Waals surface area contributed by atoms with Crippen LogP contribution in [0.3, 0.4) is 0 Å². The van der Waals surface area contributed by atoms with E-state index >= 15 is 0 Å². The Balaban J connectivity index is 0.000000861. The first kappa shape index (κ1) is 16.4.